The van der Waals surface area contributed by atoms with Gasteiger partial charge in [0, 0.05) is 50.4 Å². The summed E-state index contributed by atoms with van der Waals surface area (Å²) in [6.07, 6.45) is 0.631. The minimum Gasteiger partial charge on any atom is -0.337 e. The van der Waals surface area contributed by atoms with E-state index < -0.39 is 0 Å². The first-order chi connectivity index (χ1) is 13.4. The van der Waals surface area contributed by atoms with Gasteiger partial charge in [0.15, 0.2) is 0 Å². The summed E-state index contributed by atoms with van der Waals surface area (Å²) in [4.78, 5) is 51.0. The van der Waals surface area contributed by atoms with E-state index in [-0.39, 0.29) is 29.0 Å². The van der Waals surface area contributed by atoms with Crippen molar-refractivity contribution in [3.05, 3.63) is 58.0 Å². The smallest absolute Gasteiger partial charge is 0.274 e. The van der Waals surface area contributed by atoms with Gasteiger partial charge in [0.25, 0.3) is 17.4 Å². The fourth-order valence-electron chi connectivity index (χ4n) is 3.07. The zero-order valence-electron chi connectivity index (χ0n) is 15.5. The van der Waals surface area contributed by atoms with E-state index in [0.717, 1.165) is 0 Å². The predicted octanol–water partition coefficient (Wildman–Crippen LogP) is 0.717. The normalized spacial score (nSPS) is 14.3. The first kappa shape index (κ1) is 19.3. The summed E-state index contributed by atoms with van der Waals surface area (Å²) in [5.74, 6) is -0.633. The molecule has 0 spiro atoms. The molecule has 0 saturated carbocycles. The van der Waals surface area contributed by atoms with E-state index in [2.05, 4.69) is 15.5 Å². The molecular weight excluding hydrogens is 362 g/mol. The Labute approximate surface area is 161 Å². The topological polar surface area (TPSA) is 115 Å². The number of hydrogen-bond donors (Lipinski definition) is 2. The van der Waals surface area contributed by atoms with Crippen LogP contribution < -0.4 is 10.9 Å². The molecule has 146 valence electrons. The van der Waals surface area contributed by atoms with Gasteiger partial charge >= 0.3 is 0 Å². The third-order valence-electron chi connectivity index (χ3n) is 4.40. The predicted molar refractivity (Wildman–Crippen MR) is 102 cm³/mol. The lowest BCUT2D eigenvalue weighted by atomic mass is 10.1. The lowest BCUT2D eigenvalue weighted by Gasteiger charge is -2.22. The summed E-state index contributed by atoms with van der Waals surface area (Å²) in [6, 6.07) is 9.43. The molecule has 3 rings (SSSR count). The maximum absolute atomic E-state index is 12.8. The van der Waals surface area contributed by atoms with Gasteiger partial charge in [0.05, 0.1) is 0 Å². The van der Waals surface area contributed by atoms with E-state index >= 15 is 0 Å². The van der Waals surface area contributed by atoms with Crippen molar-refractivity contribution in [3.8, 4) is 0 Å². The third-order valence-corrected chi connectivity index (χ3v) is 4.40. The van der Waals surface area contributed by atoms with Crippen LogP contribution in [0.1, 0.15) is 34.2 Å². The van der Waals surface area contributed by atoms with E-state index in [1.807, 2.05) is 0 Å². The Balaban J connectivity index is 1.67. The van der Waals surface area contributed by atoms with Crippen molar-refractivity contribution in [2.45, 2.75) is 13.3 Å². The molecule has 2 heterocycles. The van der Waals surface area contributed by atoms with Crippen molar-refractivity contribution in [3.63, 3.8) is 0 Å². The highest BCUT2D eigenvalue weighted by atomic mass is 16.2. The number of rotatable bonds is 3. The van der Waals surface area contributed by atoms with E-state index in [1.54, 1.807) is 34.1 Å². The van der Waals surface area contributed by atoms with Crippen LogP contribution in [0.4, 0.5) is 5.69 Å². The molecule has 2 aromatic rings. The van der Waals surface area contributed by atoms with Gasteiger partial charge in [-0.05, 0) is 30.7 Å². The standard InChI is InChI=1S/C19H21N5O4/c1-13(25)20-15-5-2-4-14(12-15)18(27)23-8-3-9-24(11-10-23)19(28)16-6-7-17(26)22-21-16/h2,4-7,12H,3,8-11H2,1H3,(H,20,25)(H,22,26). The molecule has 0 aliphatic carbocycles. The van der Waals surface area contributed by atoms with Gasteiger partial charge < -0.3 is 15.1 Å². The Hall–Kier alpha value is -3.49. The Morgan fingerprint density at radius 1 is 1.00 bits per heavy atom. The number of amides is 3. The molecule has 1 saturated heterocycles. The second-order valence-corrected chi connectivity index (χ2v) is 6.51. The van der Waals surface area contributed by atoms with Crippen LogP contribution in [0.25, 0.3) is 0 Å². The van der Waals surface area contributed by atoms with Gasteiger partial charge in [-0.15, -0.1) is 0 Å². The Kier molecular flexibility index (Phi) is 5.83. The number of carbonyl (C=O) groups is 3. The van der Waals surface area contributed by atoms with Crippen LogP contribution in [0, 0.1) is 0 Å². The van der Waals surface area contributed by atoms with Crippen molar-refractivity contribution in [1.29, 1.82) is 0 Å². The molecule has 0 radical (unpaired) electrons. The molecule has 0 unspecified atom stereocenters. The van der Waals surface area contributed by atoms with Crippen LogP contribution in [0.5, 0.6) is 0 Å². The lowest BCUT2D eigenvalue weighted by Crippen LogP contribution is -2.37. The zero-order chi connectivity index (χ0) is 20.1. The van der Waals surface area contributed by atoms with Crippen LogP contribution in [0.3, 0.4) is 0 Å². The number of nitrogens with one attached hydrogen (secondary N) is 2. The summed E-state index contributed by atoms with van der Waals surface area (Å²) in [5, 5.41) is 8.70. The molecule has 0 atom stereocenters. The summed E-state index contributed by atoms with van der Waals surface area (Å²) in [6.45, 7) is 3.18. The molecule has 1 aliphatic rings. The summed E-state index contributed by atoms with van der Waals surface area (Å²) in [7, 11) is 0. The van der Waals surface area contributed by atoms with Crippen molar-refractivity contribution >= 4 is 23.4 Å². The number of H-pyrrole nitrogens is 1. The fraction of sp³-hybridized carbons (Fsp3) is 0.316. The molecular formula is C19H21N5O4. The first-order valence-corrected chi connectivity index (χ1v) is 8.96. The lowest BCUT2D eigenvalue weighted by molar-refractivity contribution is -0.114. The molecule has 3 amide bonds. The molecule has 2 N–H and O–H groups in total. The van der Waals surface area contributed by atoms with Crippen LogP contribution in [-0.2, 0) is 4.79 Å². The molecule has 9 nitrogen and oxygen atoms in total. The maximum atomic E-state index is 12.8. The Morgan fingerprint density at radius 3 is 2.36 bits per heavy atom. The number of carbonyl (C=O) groups excluding carboxylic acids is 3. The van der Waals surface area contributed by atoms with Crippen molar-refractivity contribution in [2.75, 3.05) is 31.5 Å². The van der Waals surface area contributed by atoms with Gasteiger partial charge in [-0.25, -0.2) is 5.10 Å². The average molecular weight is 383 g/mol. The number of anilines is 1. The Morgan fingerprint density at radius 2 is 1.71 bits per heavy atom. The van der Waals surface area contributed by atoms with Gasteiger partial charge in [0.2, 0.25) is 5.91 Å². The second-order valence-electron chi connectivity index (χ2n) is 6.51. The third kappa shape index (κ3) is 4.61. The molecule has 1 fully saturated rings. The van der Waals surface area contributed by atoms with E-state index in [0.29, 0.717) is 43.9 Å². The van der Waals surface area contributed by atoms with Crippen LogP contribution >= 0.6 is 0 Å². The molecule has 1 aromatic carbocycles. The zero-order valence-corrected chi connectivity index (χ0v) is 15.5. The highest BCUT2D eigenvalue weighted by Gasteiger charge is 2.24. The van der Waals surface area contributed by atoms with Crippen molar-refractivity contribution in [2.24, 2.45) is 0 Å². The molecule has 1 aliphatic heterocycles. The van der Waals surface area contributed by atoms with Crippen LogP contribution in [0.2, 0.25) is 0 Å². The Bertz CT molecular complexity index is 935. The fourth-order valence-corrected chi connectivity index (χ4v) is 3.07. The quantitative estimate of drug-likeness (QED) is 0.810. The SMILES string of the molecule is CC(=O)Nc1cccc(C(=O)N2CCCN(C(=O)c3ccc(=O)[nH]n3)CC2)c1. The number of aromatic amines is 1. The number of hydrogen-bond acceptors (Lipinski definition) is 5. The highest BCUT2D eigenvalue weighted by Crippen LogP contribution is 2.15. The monoisotopic (exact) mass is 383 g/mol. The molecule has 9 heteroatoms. The van der Waals surface area contributed by atoms with E-state index in [4.69, 9.17) is 0 Å². The van der Waals surface area contributed by atoms with Crippen molar-refractivity contribution in [1.82, 2.24) is 20.0 Å². The summed E-state index contributed by atoms with van der Waals surface area (Å²) in [5.41, 5.74) is 0.843. The van der Waals surface area contributed by atoms with Gasteiger partial charge in [-0.1, -0.05) is 6.07 Å². The summed E-state index contributed by atoms with van der Waals surface area (Å²) >= 11 is 0. The van der Waals surface area contributed by atoms with E-state index in [1.165, 1.54) is 19.1 Å². The first-order valence-electron chi connectivity index (χ1n) is 8.96. The van der Waals surface area contributed by atoms with Crippen molar-refractivity contribution < 1.29 is 14.4 Å². The highest BCUT2D eigenvalue weighted by molar-refractivity contribution is 5.97. The van der Waals surface area contributed by atoms with Gasteiger partial charge in [-0.2, -0.15) is 5.10 Å². The maximum Gasteiger partial charge on any atom is 0.274 e. The van der Waals surface area contributed by atoms with Crippen LogP contribution in [0.15, 0.2) is 41.2 Å². The minimum absolute atomic E-state index is 0.149. The second kappa shape index (κ2) is 8.47. The number of benzene rings is 1. The van der Waals surface area contributed by atoms with E-state index in [9.17, 15) is 19.2 Å². The summed E-state index contributed by atoms with van der Waals surface area (Å²) < 4.78 is 0. The number of nitrogens with zero attached hydrogens (tertiary/aromatic N) is 3. The van der Waals surface area contributed by atoms with Gasteiger partial charge in [-0.3, -0.25) is 19.2 Å². The minimum atomic E-state index is -0.370. The van der Waals surface area contributed by atoms with Gasteiger partial charge in [0.1, 0.15) is 5.69 Å². The molecule has 0 bridgehead atoms. The molecule has 1 aromatic heterocycles. The largest absolute Gasteiger partial charge is 0.337 e. The number of aromatic nitrogens is 2. The molecule has 28 heavy (non-hydrogen) atoms. The van der Waals surface area contributed by atoms with Crippen LogP contribution in [-0.4, -0.2) is 63.9 Å². The average Bonchev–Trinajstić information content (AvgIpc) is 2.93.